The van der Waals surface area contributed by atoms with E-state index in [0.29, 0.717) is 6.04 Å². The summed E-state index contributed by atoms with van der Waals surface area (Å²) in [6.45, 7) is 5.37. The number of hydrogen-bond donors (Lipinski definition) is 1. The molecule has 1 unspecified atom stereocenters. The molecule has 1 aromatic heterocycles. The van der Waals surface area contributed by atoms with Gasteiger partial charge in [-0.05, 0) is 54.2 Å². The highest BCUT2D eigenvalue weighted by Crippen LogP contribution is 2.26. The molecule has 21 heavy (non-hydrogen) atoms. The summed E-state index contributed by atoms with van der Waals surface area (Å²) in [5.41, 5.74) is 3.96. The zero-order valence-electron chi connectivity index (χ0n) is 13.1. The van der Waals surface area contributed by atoms with E-state index in [1.807, 2.05) is 17.9 Å². The number of benzene rings is 1. The summed E-state index contributed by atoms with van der Waals surface area (Å²) in [7, 11) is 2.01. The van der Waals surface area contributed by atoms with Crippen LogP contribution in [0.4, 0.5) is 0 Å². The zero-order chi connectivity index (χ0) is 15.2. The lowest BCUT2D eigenvalue weighted by atomic mass is 10.0. The van der Waals surface area contributed by atoms with Gasteiger partial charge in [-0.3, -0.25) is 4.68 Å². The third-order valence-electron chi connectivity index (χ3n) is 3.71. The van der Waals surface area contributed by atoms with Gasteiger partial charge in [-0.15, -0.1) is 0 Å². The first-order chi connectivity index (χ1) is 10.1. The molecule has 3 nitrogen and oxygen atoms in total. The molecule has 1 atom stereocenters. The Kier molecular flexibility index (Phi) is 6.00. The van der Waals surface area contributed by atoms with Gasteiger partial charge in [0.1, 0.15) is 0 Å². The van der Waals surface area contributed by atoms with Crippen molar-refractivity contribution < 1.29 is 0 Å². The lowest BCUT2D eigenvalue weighted by molar-refractivity contribution is 0.466. The van der Waals surface area contributed by atoms with Crippen molar-refractivity contribution in [3.63, 3.8) is 0 Å². The van der Waals surface area contributed by atoms with Crippen LogP contribution in [0.3, 0.4) is 0 Å². The van der Waals surface area contributed by atoms with Crippen LogP contribution in [-0.2, 0) is 13.5 Å². The van der Waals surface area contributed by atoms with Crippen molar-refractivity contribution in [3.05, 3.63) is 51.8 Å². The molecule has 0 saturated heterocycles. The van der Waals surface area contributed by atoms with Gasteiger partial charge in [-0.2, -0.15) is 5.10 Å². The second-order valence-electron chi connectivity index (χ2n) is 5.54. The molecule has 2 aromatic rings. The van der Waals surface area contributed by atoms with Gasteiger partial charge in [0.05, 0.1) is 22.4 Å². The minimum atomic E-state index is 0.326. The molecule has 2 rings (SSSR count). The van der Waals surface area contributed by atoms with Gasteiger partial charge >= 0.3 is 0 Å². The number of nitrogens with zero attached hydrogens (tertiary/aromatic N) is 2. The predicted octanol–water partition coefficient (Wildman–Crippen LogP) is 4.16. The Morgan fingerprint density at radius 2 is 2.19 bits per heavy atom. The van der Waals surface area contributed by atoms with E-state index in [9.17, 15) is 0 Å². The van der Waals surface area contributed by atoms with Crippen LogP contribution in [0.1, 0.15) is 42.6 Å². The van der Waals surface area contributed by atoms with Crippen molar-refractivity contribution in [3.8, 4) is 0 Å². The molecule has 0 amide bonds. The normalized spacial score (nSPS) is 12.6. The number of hydrogen-bond acceptors (Lipinski definition) is 2. The van der Waals surface area contributed by atoms with E-state index in [2.05, 4.69) is 64.5 Å². The molecule has 1 aromatic carbocycles. The second kappa shape index (κ2) is 7.76. The summed E-state index contributed by atoms with van der Waals surface area (Å²) >= 11 is 3.62. The summed E-state index contributed by atoms with van der Waals surface area (Å²) in [6, 6.07) is 9.09. The molecule has 1 N–H and O–H groups in total. The molecule has 114 valence electrons. The maximum atomic E-state index is 4.34. The summed E-state index contributed by atoms with van der Waals surface area (Å²) < 4.78 is 3.05. The quantitative estimate of drug-likeness (QED) is 0.812. The highest BCUT2D eigenvalue weighted by molar-refractivity contribution is 9.10. The molecule has 4 heteroatoms. The van der Waals surface area contributed by atoms with Crippen molar-refractivity contribution in [2.24, 2.45) is 7.05 Å². The zero-order valence-corrected chi connectivity index (χ0v) is 14.7. The standard InChI is InChI=1S/C17H24BrN3/c1-4-10-19-16(17-15(18)12-20-21(17)3)9-8-14-7-5-6-13(2)11-14/h5-7,11-12,16,19H,4,8-10H2,1-3H3. The van der Waals surface area contributed by atoms with Gasteiger partial charge in [-0.1, -0.05) is 36.8 Å². The smallest absolute Gasteiger partial charge is 0.0692 e. The van der Waals surface area contributed by atoms with E-state index in [1.54, 1.807) is 0 Å². The van der Waals surface area contributed by atoms with Crippen LogP contribution in [0.25, 0.3) is 0 Å². The Labute approximate surface area is 135 Å². The number of nitrogens with one attached hydrogen (secondary N) is 1. The average molecular weight is 350 g/mol. The van der Waals surface area contributed by atoms with E-state index < -0.39 is 0 Å². The molecule has 1 heterocycles. The fraction of sp³-hybridized carbons (Fsp3) is 0.471. The van der Waals surface area contributed by atoms with Gasteiger partial charge in [0.2, 0.25) is 0 Å². The largest absolute Gasteiger partial charge is 0.309 e. The van der Waals surface area contributed by atoms with Crippen molar-refractivity contribution in [2.75, 3.05) is 6.54 Å². The van der Waals surface area contributed by atoms with Crippen LogP contribution in [0.2, 0.25) is 0 Å². The van der Waals surface area contributed by atoms with Crippen LogP contribution >= 0.6 is 15.9 Å². The minimum absolute atomic E-state index is 0.326. The first kappa shape index (κ1) is 16.2. The van der Waals surface area contributed by atoms with Crippen LogP contribution in [0, 0.1) is 6.92 Å². The first-order valence-electron chi connectivity index (χ1n) is 7.58. The Balaban J connectivity index is 2.10. The van der Waals surface area contributed by atoms with Gasteiger partial charge < -0.3 is 5.32 Å². The summed E-state index contributed by atoms with van der Waals surface area (Å²) in [5.74, 6) is 0. The topological polar surface area (TPSA) is 29.9 Å². The first-order valence-corrected chi connectivity index (χ1v) is 8.37. The van der Waals surface area contributed by atoms with Crippen LogP contribution < -0.4 is 5.32 Å². The van der Waals surface area contributed by atoms with Gasteiger partial charge in [0.25, 0.3) is 0 Å². The molecule has 0 spiro atoms. The van der Waals surface area contributed by atoms with Crippen molar-refractivity contribution in [1.29, 1.82) is 0 Å². The summed E-state index contributed by atoms with van der Waals surface area (Å²) in [5, 5.41) is 7.99. The van der Waals surface area contributed by atoms with Crippen molar-refractivity contribution in [1.82, 2.24) is 15.1 Å². The highest BCUT2D eigenvalue weighted by atomic mass is 79.9. The number of halogens is 1. The second-order valence-corrected chi connectivity index (χ2v) is 6.39. The van der Waals surface area contributed by atoms with Gasteiger partial charge in [-0.25, -0.2) is 0 Å². The van der Waals surface area contributed by atoms with Gasteiger partial charge in [0.15, 0.2) is 0 Å². The Morgan fingerprint density at radius 3 is 2.81 bits per heavy atom. The lowest BCUT2D eigenvalue weighted by Crippen LogP contribution is -2.25. The maximum absolute atomic E-state index is 4.34. The fourth-order valence-corrected chi connectivity index (χ4v) is 3.27. The fourth-order valence-electron chi connectivity index (χ4n) is 2.64. The van der Waals surface area contributed by atoms with E-state index in [0.717, 1.165) is 30.3 Å². The molecular formula is C17H24BrN3. The summed E-state index contributed by atoms with van der Waals surface area (Å²) in [6.07, 6.45) is 5.15. The number of rotatable bonds is 7. The SMILES string of the molecule is CCCNC(CCc1cccc(C)c1)c1c(Br)cnn1C. The van der Waals surface area contributed by atoms with Crippen LogP contribution in [0.15, 0.2) is 34.9 Å². The van der Waals surface area contributed by atoms with Crippen molar-refractivity contribution >= 4 is 15.9 Å². The predicted molar refractivity (Wildman–Crippen MR) is 91.4 cm³/mol. The van der Waals surface area contributed by atoms with E-state index in [1.165, 1.54) is 16.8 Å². The molecule has 0 aliphatic carbocycles. The lowest BCUT2D eigenvalue weighted by Gasteiger charge is -2.20. The highest BCUT2D eigenvalue weighted by Gasteiger charge is 2.18. The Hall–Kier alpha value is -1.13. The minimum Gasteiger partial charge on any atom is -0.309 e. The average Bonchev–Trinajstić information content (AvgIpc) is 2.79. The number of aromatic nitrogens is 2. The van der Waals surface area contributed by atoms with E-state index in [4.69, 9.17) is 0 Å². The Bertz CT molecular complexity index is 558. The third-order valence-corrected chi connectivity index (χ3v) is 4.32. The Morgan fingerprint density at radius 1 is 1.38 bits per heavy atom. The number of aryl methyl sites for hydroxylation is 3. The molecule has 0 aliphatic rings. The van der Waals surface area contributed by atoms with Crippen LogP contribution in [0.5, 0.6) is 0 Å². The molecule has 0 fully saturated rings. The molecule has 0 aliphatic heterocycles. The monoisotopic (exact) mass is 349 g/mol. The molecule has 0 saturated carbocycles. The molecule has 0 radical (unpaired) electrons. The van der Waals surface area contributed by atoms with Crippen molar-refractivity contribution in [2.45, 2.75) is 39.2 Å². The molecular weight excluding hydrogens is 326 g/mol. The van der Waals surface area contributed by atoms with E-state index in [-0.39, 0.29) is 0 Å². The maximum Gasteiger partial charge on any atom is 0.0692 e. The molecule has 0 bridgehead atoms. The van der Waals surface area contributed by atoms with Crippen LogP contribution in [-0.4, -0.2) is 16.3 Å². The van der Waals surface area contributed by atoms with Gasteiger partial charge in [0, 0.05) is 7.05 Å². The van der Waals surface area contributed by atoms with E-state index >= 15 is 0 Å². The third kappa shape index (κ3) is 4.42. The summed E-state index contributed by atoms with van der Waals surface area (Å²) in [4.78, 5) is 0.